The van der Waals surface area contributed by atoms with E-state index >= 15 is 0 Å². The maximum Gasteiger partial charge on any atom is 0.0914 e. The number of aliphatic hydroxyl groups is 1. The van der Waals surface area contributed by atoms with Crippen LogP contribution in [0.2, 0.25) is 0 Å². The molecule has 1 aromatic carbocycles. The molecule has 2 N–H and O–H groups in total. The second-order valence-electron chi connectivity index (χ2n) is 7.23. The van der Waals surface area contributed by atoms with Gasteiger partial charge in [0, 0.05) is 12.6 Å². The largest absolute Gasteiger partial charge is 0.387 e. The maximum absolute atomic E-state index is 10.3. The van der Waals surface area contributed by atoms with Crippen LogP contribution in [0.3, 0.4) is 0 Å². The molecule has 3 unspecified atom stereocenters. The molecule has 1 fully saturated rings. The molecule has 0 spiro atoms. The van der Waals surface area contributed by atoms with Crippen molar-refractivity contribution in [3.8, 4) is 0 Å². The molecule has 0 aromatic heterocycles. The van der Waals surface area contributed by atoms with Crippen LogP contribution in [0, 0.1) is 11.8 Å². The van der Waals surface area contributed by atoms with Gasteiger partial charge in [0.2, 0.25) is 0 Å². The van der Waals surface area contributed by atoms with Crippen molar-refractivity contribution in [3.63, 3.8) is 0 Å². The first kappa shape index (κ1) is 16.5. The molecular weight excluding hydrogens is 258 g/mol. The summed E-state index contributed by atoms with van der Waals surface area (Å²) in [6.07, 6.45) is 5.89. The van der Waals surface area contributed by atoms with Crippen LogP contribution in [0.4, 0.5) is 0 Å². The molecule has 2 nitrogen and oxygen atoms in total. The zero-order valence-electron chi connectivity index (χ0n) is 13.8. The summed E-state index contributed by atoms with van der Waals surface area (Å²) < 4.78 is 0. The topological polar surface area (TPSA) is 32.3 Å². The number of benzene rings is 1. The number of rotatable bonds is 6. The van der Waals surface area contributed by atoms with Gasteiger partial charge in [-0.25, -0.2) is 0 Å². The van der Waals surface area contributed by atoms with Crippen LogP contribution in [0.15, 0.2) is 24.3 Å². The van der Waals surface area contributed by atoms with Crippen LogP contribution >= 0.6 is 0 Å². The lowest BCUT2D eigenvalue weighted by Crippen LogP contribution is -2.36. The van der Waals surface area contributed by atoms with E-state index in [-0.39, 0.29) is 0 Å². The molecule has 0 heterocycles. The lowest BCUT2D eigenvalue weighted by Gasteiger charge is -2.28. The van der Waals surface area contributed by atoms with E-state index in [4.69, 9.17) is 0 Å². The zero-order valence-corrected chi connectivity index (χ0v) is 13.8. The van der Waals surface area contributed by atoms with Crippen molar-refractivity contribution in [2.45, 2.75) is 65.0 Å². The quantitative estimate of drug-likeness (QED) is 0.827. The van der Waals surface area contributed by atoms with Gasteiger partial charge < -0.3 is 10.4 Å². The van der Waals surface area contributed by atoms with Crippen molar-refractivity contribution >= 4 is 0 Å². The van der Waals surface area contributed by atoms with E-state index in [1.165, 1.54) is 31.2 Å². The Hall–Kier alpha value is -0.860. The first-order chi connectivity index (χ1) is 10.0. The number of aliphatic hydroxyl groups excluding tert-OH is 1. The Labute approximate surface area is 130 Å². The first-order valence-electron chi connectivity index (χ1n) is 8.55. The van der Waals surface area contributed by atoms with Gasteiger partial charge in [0.15, 0.2) is 0 Å². The first-order valence-corrected chi connectivity index (χ1v) is 8.55. The fourth-order valence-electron chi connectivity index (χ4n) is 3.36. The van der Waals surface area contributed by atoms with Crippen molar-refractivity contribution in [2.75, 3.05) is 6.54 Å². The molecule has 0 bridgehead atoms. The Bertz CT molecular complexity index is 412. The highest BCUT2D eigenvalue weighted by Crippen LogP contribution is 2.24. The Morgan fingerprint density at radius 2 is 1.90 bits per heavy atom. The predicted octanol–water partition coefficient (Wildman–Crippen LogP) is 4.09. The van der Waals surface area contributed by atoms with Gasteiger partial charge in [-0.2, -0.15) is 0 Å². The van der Waals surface area contributed by atoms with Crippen LogP contribution < -0.4 is 5.32 Å². The average molecular weight is 289 g/mol. The lowest BCUT2D eigenvalue weighted by molar-refractivity contribution is 0.162. The highest BCUT2D eigenvalue weighted by molar-refractivity contribution is 5.24. The molecule has 0 amide bonds. The highest BCUT2D eigenvalue weighted by atomic mass is 16.3. The van der Waals surface area contributed by atoms with E-state index in [0.29, 0.717) is 18.5 Å². The summed E-state index contributed by atoms with van der Waals surface area (Å²) in [5.41, 5.74) is 2.38. The van der Waals surface area contributed by atoms with Crippen LogP contribution in [0.1, 0.15) is 63.7 Å². The smallest absolute Gasteiger partial charge is 0.0914 e. The monoisotopic (exact) mass is 289 g/mol. The SMILES string of the molecule is CC(C)Cc1ccc(C(O)CNC2CCCC(C)C2)cc1. The predicted molar refractivity (Wildman–Crippen MR) is 89.4 cm³/mol. The minimum absolute atomic E-state index is 0.393. The molecule has 3 atom stereocenters. The van der Waals surface area contributed by atoms with E-state index in [1.807, 2.05) is 0 Å². The van der Waals surface area contributed by atoms with Crippen LogP contribution in [-0.4, -0.2) is 17.7 Å². The van der Waals surface area contributed by atoms with Gasteiger partial charge in [-0.15, -0.1) is 0 Å². The number of hydrogen-bond donors (Lipinski definition) is 2. The molecule has 0 aliphatic heterocycles. The minimum Gasteiger partial charge on any atom is -0.387 e. The molecule has 2 heteroatoms. The van der Waals surface area contributed by atoms with Crippen molar-refractivity contribution < 1.29 is 5.11 Å². The van der Waals surface area contributed by atoms with E-state index < -0.39 is 6.10 Å². The van der Waals surface area contributed by atoms with Crippen molar-refractivity contribution in [2.24, 2.45) is 11.8 Å². The average Bonchev–Trinajstić information content (AvgIpc) is 2.45. The molecule has 0 radical (unpaired) electrons. The molecule has 0 saturated heterocycles. The van der Waals surface area contributed by atoms with Gasteiger partial charge in [-0.1, -0.05) is 57.9 Å². The van der Waals surface area contributed by atoms with Crippen molar-refractivity contribution in [3.05, 3.63) is 35.4 Å². The van der Waals surface area contributed by atoms with E-state index in [9.17, 15) is 5.11 Å². The van der Waals surface area contributed by atoms with Crippen molar-refractivity contribution in [1.29, 1.82) is 0 Å². The summed E-state index contributed by atoms with van der Waals surface area (Å²) in [5.74, 6) is 1.50. The summed E-state index contributed by atoms with van der Waals surface area (Å²) in [6.45, 7) is 7.47. The third-order valence-corrected chi connectivity index (χ3v) is 4.54. The van der Waals surface area contributed by atoms with Crippen LogP contribution in [0.5, 0.6) is 0 Å². The van der Waals surface area contributed by atoms with Crippen LogP contribution in [0.25, 0.3) is 0 Å². The Kier molecular flexibility index (Phi) is 6.25. The Morgan fingerprint density at radius 3 is 2.52 bits per heavy atom. The van der Waals surface area contributed by atoms with E-state index in [2.05, 4.69) is 50.4 Å². The van der Waals surface area contributed by atoms with Crippen LogP contribution in [-0.2, 0) is 6.42 Å². The van der Waals surface area contributed by atoms with Gasteiger partial charge >= 0.3 is 0 Å². The summed E-state index contributed by atoms with van der Waals surface area (Å²) >= 11 is 0. The molecule has 1 aliphatic rings. The second kappa shape index (κ2) is 7.95. The Balaban J connectivity index is 1.81. The fourth-order valence-corrected chi connectivity index (χ4v) is 3.36. The maximum atomic E-state index is 10.3. The number of nitrogens with one attached hydrogen (secondary N) is 1. The van der Waals surface area contributed by atoms with Gasteiger partial charge in [0.25, 0.3) is 0 Å². The summed E-state index contributed by atoms with van der Waals surface area (Å²) in [6, 6.07) is 9.05. The summed E-state index contributed by atoms with van der Waals surface area (Å²) in [7, 11) is 0. The third kappa shape index (κ3) is 5.44. The number of hydrogen-bond acceptors (Lipinski definition) is 2. The standard InChI is InChI=1S/C19H31NO/c1-14(2)11-16-7-9-17(10-8-16)19(21)13-20-18-6-4-5-15(3)12-18/h7-10,14-15,18-21H,4-6,11-13H2,1-3H3. The normalized spacial score (nSPS) is 24.2. The molecule has 1 saturated carbocycles. The van der Waals surface area contributed by atoms with E-state index in [0.717, 1.165) is 17.9 Å². The van der Waals surface area contributed by atoms with Crippen molar-refractivity contribution in [1.82, 2.24) is 5.32 Å². The van der Waals surface area contributed by atoms with Gasteiger partial charge in [0.05, 0.1) is 6.10 Å². The zero-order chi connectivity index (χ0) is 15.2. The second-order valence-corrected chi connectivity index (χ2v) is 7.23. The molecule has 1 aliphatic carbocycles. The third-order valence-electron chi connectivity index (χ3n) is 4.54. The molecule has 21 heavy (non-hydrogen) atoms. The lowest BCUT2D eigenvalue weighted by atomic mass is 9.87. The fraction of sp³-hybridized carbons (Fsp3) is 0.684. The minimum atomic E-state index is -0.393. The van der Waals surface area contributed by atoms with Gasteiger partial charge in [-0.3, -0.25) is 0 Å². The van der Waals surface area contributed by atoms with Gasteiger partial charge in [0.1, 0.15) is 0 Å². The molecule has 118 valence electrons. The molecule has 1 aromatic rings. The molecular formula is C19H31NO. The highest BCUT2D eigenvalue weighted by Gasteiger charge is 2.19. The van der Waals surface area contributed by atoms with E-state index in [1.54, 1.807) is 0 Å². The van der Waals surface area contributed by atoms with Gasteiger partial charge in [-0.05, 0) is 42.2 Å². The molecule has 2 rings (SSSR count). The summed E-state index contributed by atoms with van der Waals surface area (Å²) in [5, 5.41) is 13.9. The summed E-state index contributed by atoms with van der Waals surface area (Å²) in [4.78, 5) is 0. The Morgan fingerprint density at radius 1 is 1.19 bits per heavy atom.